The van der Waals surface area contributed by atoms with Gasteiger partial charge in [0.25, 0.3) is 0 Å². The molecule has 4 amide bonds. The number of ketones is 1. The lowest BCUT2D eigenvalue weighted by molar-refractivity contribution is -0.141. The molecule has 0 aromatic heterocycles. The van der Waals surface area contributed by atoms with E-state index in [-0.39, 0.29) is 85.2 Å². The lowest BCUT2D eigenvalue weighted by atomic mass is 10.00. The molecule has 19 nitrogen and oxygen atoms in total. The van der Waals surface area contributed by atoms with Crippen LogP contribution in [0.15, 0.2) is 36.4 Å². The third kappa shape index (κ3) is 15.3. The van der Waals surface area contributed by atoms with E-state index < -0.39 is 46.7 Å². The van der Waals surface area contributed by atoms with Gasteiger partial charge in [0.2, 0.25) is 40.9 Å². The van der Waals surface area contributed by atoms with Gasteiger partial charge < -0.3 is 73.0 Å². The summed E-state index contributed by atoms with van der Waals surface area (Å²) in [6, 6.07) is 7.04. The summed E-state index contributed by atoms with van der Waals surface area (Å²) in [7, 11) is 1.48. The topological polar surface area (TPSA) is 347 Å². The van der Waals surface area contributed by atoms with Crippen molar-refractivity contribution in [3.63, 3.8) is 0 Å². The predicted molar refractivity (Wildman–Crippen MR) is 220 cm³/mol. The Bertz CT molecular complexity index is 1940. The number of hydrogen-bond acceptors (Lipinski definition) is 15. The largest absolute Gasteiger partial charge is 0.504 e. The fourth-order valence-corrected chi connectivity index (χ4v) is 5.79. The first-order chi connectivity index (χ1) is 27.8. The standard InChI is InChI=1S/C16H22N2O5.C12H18N2O4.C12H15NO5.CH4/c17-16(23)11-5-1-2-9-18(11)13(20)6-3-4-10-7-8-12(19)15(22)14(10)21;1-2-8(13)12(18)14-6-5-7-3-4-9(15)11(17)10(7)16;1-13-10(16)5-3-8(14)6-7-2-4-9(15)12(18)11(7)17;/h7-8,11,19,21-22H,1-6,9H2,(H2,17,23);3-4,8,15-17H,2,5-6,13H2,1H3,(H,14,18);2,4,15,17-18H,3,5-6H2,1H3,(H,13,16);1H4/t;8-;;/m.0../s1. The summed E-state index contributed by atoms with van der Waals surface area (Å²) < 4.78 is 0. The van der Waals surface area contributed by atoms with Gasteiger partial charge in [-0.15, -0.1) is 0 Å². The van der Waals surface area contributed by atoms with Gasteiger partial charge in [-0.1, -0.05) is 32.5 Å². The Morgan fingerprint density at radius 1 is 0.717 bits per heavy atom. The molecule has 2 atom stereocenters. The van der Waals surface area contributed by atoms with E-state index in [2.05, 4.69) is 10.6 Å². The number of carbonyl (C=O) groups is 5. The number of carbonyl (C=O) groups excluding carboxylic acids is 5. The van der Waals surface area contributed by atoms with Gasteiger partial charge in [-0.25, -0.2) is 0 Å². The second-order valence-electron chi connectivity index (χ2n) is 13.6. The van der Waals surface area contributed by atoms with Crippen molar-refractivity contribution in [2.24, 2.45) is 11.5 Å². The highest BCUT2D eigenvalue weighted by Crippen LogP contribution is 2.39. The third-order valence-electron chi connectivity index (χ3n) is 9.40. The number of phenolic OH excluding ortho intramolecular Hbond substituents is 9. The summed E-state index contributed by atoms with van der Waals surface area (Å²) in [6.45, 7) is 2.65. The van der Waals surface area contributed by atoms with E-state index >= 15 is 0 Å². The van der Waals surface area contributed by atoms with Crippen LogP contribution in [0.25, 0.3) is 0 Å². The number of aromatic hydroxyl groups is 9. The third-order valence-corrected chi connectivity index (χ3v) is 9.40. The maximum Gasteiger partial charge on any atom is 0.240 e. The van der Waals surface area contributed by atoms with Crippen LogP contribution in [0.3, 0.4) is 0 Å². The van der Waals surface area contributed by atoms with Crippen molar-refractivity contribution >= 4 is 29.4 Å². The number of nitrogens with zero attached hydrogens (tertiary/aromatic N) is 1. The molecule has 4 rings (SSSR count). The van der Waals surface area contributed by atoms with Crippen molar-refractivity contribution in [2.75, 3.05) is 20.1 Å². The second kappa shape index (κ2) is 25.0. The summed E-state index contributed by atoms with van der Waals surface area (Å²) in [4.78, 5) is 59.1. The molecule has 1 heterocycles. The lowest BCUT2D eigenvalue weighted by Crippen LogP contribution is -2.50. The molecule has 1 fully saturated rings. The van der Waals surface area contributed by atoms with Gasteiger partial charge in [0.1, 0.15) is 11.8 Å². The smallest absolute Gasteiger partial charge is 0.240 e. The van der Waals surface area contributed by atoms with Crippen LogP contribution in [0, 0.1) is 0 Å². The molecule has 0 bridgehead atoms. The van der Waals surface area contributed by atoms with E-state index in [4.69, 9.17) is 21.7 Å². The summed E-state index contributed by atoms with van der Waals surface area (Å²) in [5.74, 6) is -5.55. The van der Waals surface area contributed by atoms with Crippen molar-refractivity contribution in [1.82, 2.24) is 15.5 Å². The first-order valence-electron chi connectivity index (χ1n) is 18.9. The first kappa shape index (κ1) is 51.4. The molecule has 0 saturated carbocycles. The molecular weight excluding hydrogens is 786 g/mol. The first-order valence-corrected chi connectivity index (χ1v) is 18.9. The summed E-state index contributed by atoms with van der Waals surface area (Å²) in [6.07, 6.45) is 4.34. The van der Waals surface area contributed by atoms with Crippen molar-refractivity contribution in [2.45, 2.75) is 97.1 Å². The quantitative estimate of drug-likeness (QED) is 0.0976. The molecule has 60 heavy (non-hydrogen) atoms. The van der Waals surface area contributed by atoms with E-state index in [1.807, 2.05) is 6.92 Å². The van der Waals surface area contributed by atoms with Crippen molar-refractivity contribution < 1.29 is 69.9 Å². The monoisotopic (exact) mass is 845 g/mol. The maximum atomic E-state index is 12.3. The molecule has 1 saturated heterocycles. The average Bonchev–Trinajstić information content (AvgIpc) is 3.22. The number of likely N-dealkylation sites (tertiary alicyclic amines) is 1. The van der Waals surface area contributed by atoms with E-state index in [0.29, 0.717) is 56.3 Å². The number of piperidine rings is 1. The average molecular weight is 846 g/mol. The minimum absolute atomic E-state index is 0. The van der Waals surface area contributed by atoms with Crippen LogP contribution >= 0.6 is 0 Å². The number of amides is 4. The molecule has 15 N–H and O–H groups in total. The van der Waals surface area contributed by atoms with Gasteiger partial charge >= 0.3 is 0 Å². The van der Waals surface area contributed by atoms with Gasteiger partial charge in [0.15, 0.2) is 34.5 Å². The molecule has 0 radical (unpaired) electrons. The van der Waals surface area contributed by atoms with E-state index in [9.17, 15) is 59.7 Å². The summed E-state index contributed by atoms with van der Waals surface area (Å²) in [5, 5.41) is 89.4. The zero-order chi connectivity index (χ0) is 44.4. The number of rotatable bonds is 15. The minimum Gasteiger partial charge on any atom is -0.504 e. The summed E-state index contributed by atoms with van der Waals surface area (Å²) in [5.41, 5.74) is 12.0. The van der Waals surface area contributed by atoms with Crippen LogP contribution in [-0.2, 0) is 43.2 Å². The molecular formula is C41H59N5O14. The molecule has 0 spiro atoms. The maximum absolute atomic E-state index is 12.3. The Labute approximate surface area is 347 Å². The highest BCUT2D eigenvalue weighted by Gasteiger charge is 2.30. The number of aryl methyl sites for hydroxylation is 1. The molecule has 1 unspecified atom stereocenters. The van der Waals surface area contributed by atoms with Crippen LogP contribution < -0.4 is 22.1 Å². The van der Waals surface area contributed by atoms with E-state index in [1.165, 1.54) is 43.4 Å². The Kier molecular flexibility index (Phi) is 21.4. The Hall–Kier alpha value is -6.63. The zero-order valence-electron chi connectivity index (χ0n) is 33.0. The highest BCUT2D eigenvalue weighted by molar-refractivity contribution is 5.87. The molecule has 3 aromatic rings. The molecule has 0 aliphatic carbocycles. The van der Waals surface area contributed by atoms with Gasteiger partial charge in [0.05, 0.1) is 6.04 Å². The normalized spacial score (nSPS) is 13.5. The van der Waals surface area contributed by atoms with Gasteiger partial charge in [-0.05, 0) is 74.3 Å². The number of nitrogens with two attached hydrogens (primary N) is 2. The highest BCUT2D eigenvalue weighted by atomic mass is 16.3. The van der Waals surface area contributed by atoms with Crippen LogP contribution in [0.1, 0.15) is 82.4 Å². The predicted octanol–water partition coefficient (Wildman–Crippen LogP) is 2.27. The Balaban J connectivity index is 0.000000452. The fraction of sp³-hybridized carbons (Fsp3) is 0.439. The van der Waals surface area contributed by atoms with Crippen molar-refractivity contribution in [3.8, 4) is 51.7 Å². The van der Waals surface area contributed by atoms with Gasteiger partial charge in [-0.2, -0.15) is 0 Å². The summed E-state index contributed by atoms with van der Waals surface area (Å²) >= 11 is 0. The molecule has 1 aliphatic heterocycles. The molecule has 1 aliphatic rings. The molecule has 19 heteroatoms. The zero-order valence-corrected chi connectivity index (χ0v) is 33.0. The van der Waals surface area contributed by atoms with E-state index in [0.717, 1.165) is 12.8 Å². The van der Waals surface area contributed by atoms with Crippen molar-refractivity contribution in [1.29, 1.82) is 0 Å². The fourth-order valence-electron chi connectivity index (χ4n) is 5.79. The van der Waals surface area contributed by atoms with Gasteiger partial charge in [0, 0.05) is 51.4 Å². The Morgan fingerprint density at radius 2 is 1.22 bits per heavy atom. The van der Waals surface area contributed by atoms with E-state index in [1.54, 1.807) is 4.90 Å². The second-order valence-corrected chi connectivity index (χ2v) is 13.6. The number of nitrogens with one attached hydrogen (secondary N) is 2. The van der Waals surface area contributed by atoms with Crippen LogP contribution in [-0.4, -0.2) is 112 Å². The van der Waals surface area contributed by atoms with Crippen molar-refractivity contribution in [3.05, 3.63) is 53.1 Å². The minimum atomic E-state index is -0.647. The number of benzene rings is 3. The number of hydrogen-bond donors (Lipinski definition) is 13. The Morgan fingerprint density at radius 3 is 1.72 bits per heavy atom. The van der Waals surface area contributed by atoms with Crippen LogP contribution in [0.5, 0.6) is 51.7 Å². The van der Waals surface area contributed by atoms with Gasteiger partial charge in [-0.3, -0.25) is 24.0 Å². The van der Waals surface area contributed by atoms with Crippen LogP contribution in [0.2, 0.25) is 0 Å². The number of phenols is 9. The number of primary amides is 1. The lowest BCUT2D eigenvalue weighted by Gasteiger charge is -2.33. The van der Waals surface area contributed by atoms with Crippen LogP contribution in [0.4, 0.5) is 0 Å². The molecule has 332 valence electrons. The SMILES string of the molecule is C.CC[C@H](N)C(=O)NCCc1ccc(O)c(O)c1O.CNC(=O)CCC(=O)Cc1ccc(O)c(O)c1O.NC(=O)C1CCCCN1C(=O)CCCc1ccc(O)c(O)c1O. The molecule has 3 aromatic carbocycles. The number of Topliss-reactive ketones (excluding diaryl/α,β-unsaturated/α-hetero) is 1.